The van der Waals surface area contributed by atoms with Gasteiger partial charge >= 0.3 is 12.1 Å². The molecule has 8 heteroatoms. The zero-order valence-corrected chi connectivity index (χ0v) is 20.1. The smallest absolute Gasteiger partial charge is 0.408 e. The van der Waals surface area contributed by atoms with Gasteiger partial charge in [-0.15, -0.1) is 0 Å². The van der Waals surface area contributed by atoms with Gasteiger partial charge < -0.3 is 25.2 Å². The number of carboxylic acid groups (broad SMARTS) is 1. The van der Waals surface area contributed by atoms with Gasteiger partial charge in [0.1, 0.15) is 12.1 Å². The Labute approximate surface area is 205 Å². The first kappa shape index (κ1) is 24.7. The minimum atomic E-state index is -1.37. The van der Waals surface area contributed by atoms with Crippen molar-refractivity contribution in [3.05, 3.63) is 59.7 Å². The molecule has 35 heavy (non-hydrogen) atoms. The normalized spacial score (nSPS) is 20.4. The highest BCUT2D eigenvalue weighted by Crippen LogP contribution is 2.44. The van der Waals surface area contributed by atoms with Gasteiger partial charge in [-0.3, -0.25) is 9.59 Å². The van der Waals surface area contributed by atoms with E-state index in [2.05, 4.69) is 22.8 Å². The van der Waals surface area contributed by atoms with E-state index in [4.69, 9.17) is 9.47 Å². The van der Waals surface area contributed by atoms with Crippen molar-refractivity contribution in [1.29, 1.82) is 0 Å². The lowest BCUT2D eigenvalue weighted by Crippen LogP contribution is -2.63. The summed E-state index contributed by atoms with van der Waals surface area (Å²) in [5.41, 5.74) is 3.08. The quantitative estimate of drug-likeness (QED) is 0.504. The van der Waals surface area contributed by atoms with Crippen LogP contribution in [0.2, 0.25) is 0 Å². The Hall–Kier alpha value is -3.39. The molecule has 4 rings (SSSR count). The van der Waals surface area contributed by atoms with E-state index in [-0.39, 0.29) is 25.6 Å². The number of hydrogen-bond donors (Lipinski definition) is 3. The second-order valence-corrected chi connectivity index (χ2v) is 9.27. The van der Waals surface area contributed by atoms with Crippen molar-refractivity contribution >= 4 is 18.0 Å². The molecule has 186 valence electrons. The molecule has 0 saturated heterocycles. The number of fused-ring (bicyclic) bond motifs is 3. The topological polar surface area (TPSA) is 114 Å². The van der Waals surface area contributed by atoms with Crippen molar-refractivity contribution in [2.45, 2.75) is 50.1 Å². The van der Waals surface area contributed by atoms with Gasteiger partial charge in [0.2, 0.25) is 5.91 Å². The number of rotatable bonds is 9. The van der Waals surface area contributed by atoms with Crippen LogP contribution in [0.25, 0.3) is 11.1 Å². The summed E-state index contributed by atoms with van der Waals surface area (Å²) in [7, 11) is 1.45. The molecular formula is C27H32N2O6. The Kier molecular flexibility index (Phi) is 7.40. The molecule has 0 spiro atoms. The lowest BCUT2D eigenvalue weighted by atomic mass is 9.94. The van der Waals surface area contributed by atoms with Crippen LogP contribution in [0.15, 0.2) is 48.5 Å². The highest BCUT2D eigenvalue weighted by Gasteiger charge is 2.43. The van der Waals surface area contributed by atoms with E-state index in [1.165, 1.54) is 7.11 Å². The lowest BCUT2D eigenvalue weighted by molar-refractivity contribution is -0.142. The summed E-state index contributed by atoms with van der Waals surface area (Å²) in [5.74, 6) is -2.12. The van der Waals surface area contributed by atoms with Gasteiger partial charge in [0, 0.05) is 19.1 Å². The summed E-state index contributed by atoms with van der Waals surface area (Å²) in [6, 6.07) is 15.6. The predicted octanol–water partition coefficient (Wildman–Crippen LogP) is 3.69. The Bertz CT molecular complexity index is 1060. The number of carbonyl (C=O) groups is 3. The van der Waals surface area contributed by atoms with E-state index >= 15 is 0 Å². The van der Waals surface area contributed by atoms with Gasteiger partial charge in [-0.2, -0.15) is 0 Å². The Balaban J connectivity index is 1.46. The second kappa shape index (κ2) is 10.5. The number of carboxylic acids is 1. The number of methoxy groups -OCH3 is 1. The number of carbonyl (C=O) groups excluding carboxylic acids is 2. The molecule has 1 saturated carbocycles. The van der Waals surface area contributed by atoms with E-state index in [0.717, 1.165) is 28.7 Å². The Morgan fingerprint density at radius 3 is 2.23 bits per heavy atom. The maximum absolute atomic E-state index is 13.3. The zero-order chi connectivity index (χ0) is 25.0. The summed E-state index contributed by atoms with van der Waals surface area (Å²) in [5, 5.41) is 15.0. The largest absolute Gasteiger partial charge is 0.481 e. The molecule has 1 unspecified atom stereocenters. The zero-order valence-electron chi connectivity index (χ0n) is 20.1. The van der Waals surface area contributed by atoms with Crippen LogP contribution < -0.4 is 10.6 Å². The van der Waals surface area contributed by atoms with E-state index < -0.39 is 35.5 Å². The lowest BCUT2D eigenvalue weighted by Gasteiger charge is -2.33. The molecule has 2 aliphatic rings. The maximum Gasteiger partial charge on any atom is 0.408 e. The molecule has 2 aromatic rings. The van der Waals surface area contributed by atoms with E-state index in [1.807, 2.05) is 36.4 Å². The molecule has 3 N–H and O–H groups in total. The van der Waals surface area contributed by atoms with Crippen molar-refractivity contribution in [3.63, 3.8) is 0 Å². The molecule has 0 aromatic heterocycles. The fourth-order valence-electron chi connectivity index (χ4n) is 5.32. The monoisotopic (exact) mass is 480 g/mol. The van der Waals surface area contributed by atoms with E-state index in [1.54, 1.807) is 6.92 Å². The van der Waals surface area contributed by atoms with Crippen LogP contribution in [0.3, 0.4) is 0 Å². The first-order valence-corrected chi connectivity index (χ1v) is 12.1. The summed E-state index contributed by atoms with van der Waals surface area (Å²) in [6.45, 7) is 1.83. The number of hydrogen-bond acceptors (Lipinski definition) is 5. The summed E-state index contributed by atoms with van der Waals surface area (Å²) >= 11 is 0. The van der Waals surface area contributed by atoms with Gasteiger partial charge in [-0.25, -0.2) is 4.79 Å². The highest BCUT2D eigenvalue weighted by molar-refractivity contribution is 5.91. The molecular weight excluding hydrogens is 448 g/mol. The third-order valence-electron chi connectivity index (χ3n) is 7.26. The summed E-state index contributed by atoms with van der Waals surface area (Å²) in [6.07, 6.45) is 1.36. The molecule has 0 aliphatic heterocycles. The average molecular weight is 481 g/mol. The van der Waals surface area contributed by atoms with Crippen molar-refractivity contribution in [1.82, 2.24) is 10.6 Å². The van der Waals surface area contributed by atoms with Crippen LogP contribution in [-0.4, -0.2) is 55.0 Å². The van der Waals surface area contributed by atoms with Gasteiger partial charge in [0.15, 0.2) is 0 Å². The number of alkyl carbamates (subject to hydrolysis) is 1. The number of nitrogens with one attached hydrogen (secondary N) is 2. The maximum atomic E-state index is 13.3. The minimum Gasteiger partial charge on any atom is -0.481 e. The van der Waals surface area contributed by atoms with Gasteiger partial charge in [0.25, 0.3) is 0 Å². The number of benzene rings is 2. The van der Waals surface area contributed by atoms with Crippen LogP contribution >= 0.6 is 0 Å². The molecule has 0 heterocycles. The van der Waals surface area contributed by atoms with E-state index in [0.29, 0.717) is 12.8 Å². The van der Waals surface area contributed by atoms with Gasteiger partial charge in [-0.05, 0) is 41.5 Å². The molecule has 2 aromatic carbocycles. The van der Waals surface area contributed by atoms with Crippen LogP contribution in [0.1, 0.15) is 49.7 Å². The Morgan fingerprint density at radius 1 is 1.03 bits per heavy atom. The van der Waals surface area contributed by atoms with Crippen molar-refractivity contribution in [3.8, 4) is 11.1 Å². The van der Waals surface area contributed by atoms with Crippen LogP contribution in [0, 0.1) is 5.92 Å². The van der Waals surface area contributed by atoms with Gasteiger partial charge in [0.05, 0.1) is 12.5 Å². The van der Waals surface area contributed by atoms with Crippen LogP contribution in [-0.2, 0) is 19.1 Å². The van der Waals surface area contributed by atoms with Crippen LogP contribution in [0.5, 0.6) is 0 Å². The average Bonchev–Trinajstić information content (AvgIpc) is 3.45. The van der Waals surface area contributed by atoms with Crippen LogP contribution in [0.4, 0.5) is 4.79 Å². The fraction of sp³-hybridized carbons (Fsp3) is 0.444. The second-order valence-electron chi connectivity index (χ2n) is 9.27. The first-order valence-electron chi connectivity index (χ1n) is 12.1. The number of amides is 2. The number of aliphatic carboxylic acids is 1. The molecule has 8 nitrogen and oxygen atoms in total. The third-order valence-corrected chi connectivity index (χ3v) is 7.26. The molecule has 3 atom stereocenters. The molecule has 2 amide bonds. The fourth-order valence-corrected chi connectivity index (χ4v) is 5.32. The van der Waals surface area contributed by atoms with Crippen molar-refractivity contribution < 1.29 is 29.0 Å². The molecule has 0 bridgehead atoms. The van der Waals surface area contributed by atoms with Gasteiger partial charge in [-0.1, -0.05) is 61.9 Å². The predicted molar refractivity (Wildman–Crippen MR) is 130 cm³/mol. The summed E-state index contributed by atoms with van der Waals surface area (Å²) in [4.78, 5) is 37.7. The first-order chi connectivity index (χ1) is 16.9. The molecule has 2 aliphatic carbocycles. The Morgan fingerprint density at radius 2 is 1.66 bits per heavy atom. The molecule has 1 fully saturated rings. The van der Waals surface area contributed by atoms with E-state index in [9.17, 15) is 19.5 Å². The summed E-state index contributed by atoms with van der Waals surface area (Å²) < 4.78 is 10.9. The molecule has 0 radical (unpaired) electrons. The highest BCUT2D eigenvalue weighted by atomic mass is 16.5. The van der Waals surface area contributed by atoms with Crippen molar-refractivity contribution in [2.24, 2.45) is 5.92 Å². The number of ether oxygens (including phenoxy) is 2. The van der Waals surface area contributed by atoms with Crippen molar-refractivity contribution in [2.75, 3.05) is 20.3 Å². The third kappa shape index (κ3) is 4.89. The standard InChI is InChI=1S/C27H32N2O6/c1-3-27(16-34-2,25(32)28-23-14-8-13-21(23)24(30)31)29-26(33)35-15-22-19-11-6-4-9-17(19)18-10-5-7-12-20(18)22/h4-7,9-12,21-23H,3,8,13-16H2,1-2H3,(H,28,32)(H,29,33)(H,30,31)/t21-,23+,27?/m1/s1. The minimum absolute atomic E-state index is 0.0655. The SMILES string of the molecule is CCC(COC)(NC(=O)OCC1c2ccccc2-c2ccccc21)C(=O)N[C@H]1CCC[C@H]1C(=O)O.